The van der Waals surface area contributed by atoms with Crippen molar-refractivity contribution in [3.63, 3.8) is 0 Å². The fourth-order valence-corrected chi connectivity index (χ4v) is 1.79. The second-order valence-electron chi connectivity index (χ2n) is 3.55. The van der Waals surface area contributed by atoms with E-state index in [-0.39, 0.29) is 0 Å². The van der Waals surface area contributed by atoms with Crippen molar-refractivity contribution in [3.8, 4) is 0 Å². The molecule has 0 atom stereocenters. The first kappa shape index (κ1) is 12.0. The molecule has 0 spiro atoms. The number of hydrogen-bond donors (Lipinski definition) is 1. The molecule has 0 aliphatic heterocycles. The molecule has 0 saturated heterocycles. The number of benzene rings is 1. The molecule has 2 rings (SSSR count). The van der Waals surface area contributed by atoms with Crippen molar-refractivity contribution in [2.75, 3.05) is 5.73 Å². The van der Waals surface area contributed by atoms with E-state index in [1.165, 1.54) is 0 Å². The van der Waals surface area contributed by atoms with Crippen molar-refractivity contribution in [3.05, 3.63) is 45.3 Å². The van der Waals surface area contributed by atoms with Crippen LogP contribution in [-0.4, -0.2) is 5.16 Å². The zero-order valence-corrected chi connectivity index (χ0v) is 10.6. The van der Waals surface area contributed by atoms with Crippen LogP contribution in [0.4, 0.5) is 5.69 Å². The highest BCUT2D eigenvalue weighted by molar-refractivity contribution is 6.35. The van der Waals surface area contributed by atoms with Crippen LogP contribution in [0.25, 0.3) is 12.2 Å². The van der Waals surface area contributed by atoms with Gasteiger partial charge >= 0.3 is 0 Å². The van der Waals surface area contributed by atoms with Gasteiger partial charge < -0.3 is 10.3 Å². The zero-order valence-electron chi connectivity index (χ0n) is 9.08. The second-order valence-corrected chi connectivity index (χ2v) is 4.39. The largest absolute Gasteiger partial charge is 0.394 e. The Morgan fingerprint density at radius 1 is 1.29 bits per heavy atom. The molecule has 3 nitrogen and oxygen atoms in total. The molecule has 2 aromatic rings. The van der Waals surface area contributed by atoms with Gasteiger partial charge in [0, 0.05) is 10.0 Å². The van der Waals surface area contributed by atoms with E-state index >= 15 is 0 Å². The Morgan fingerprint density at radius 2 is 2.06 bits per heavy atom. The molecular formula is C12H10Cl2N2O. The predicted molar refractivity (Wildman–Crippen MR) is 71.0 cm³/mol. The lowest BCUT2D eigenvalue weighted by Crippen LogP contribution is -1.86. The summed E-state index contributed by atoms with van der Waals surface area (Å²) in [6.07, 6.45) is 3.53. The standard InChI is InChI=1S/C12H10Cl2N2O/c1-7-12(15)11(17-16-7)5-3-8-2-4-9(13)6-10(8)14/h2-6H,15H2,1H3. The lowest BCUT2D eigenvalue weighted by atomic mass is 10.2. The van der Waals surface area contributed by atoms with Gasteiger partial charge in [-0.05, 0) is 36.8 Å². The average Bonchev–Trinajstić information content (AvgIpc) is 2.59. The number of hydrogen-bond acceptors (Lipinski definition) is 3. The summed E-state index contributed by atoms with van der Waals surface area (Å²) in [5, 5.41) is 4.93. The van der Waals surface area contributed by atoms with Crippen LogP contribution in [-0.2, 0) is 0 Å². The summed E-state index contributed by atoms with van der Waals surface area (Å²) in [5.74, 6) is 0.522. The molecule has 0 aliphatic rings. The minimum Gasteiger partial charge on any atom is -0.394 e. The molecular weight excluding hydrogens is 259 g/mol. The van der Waals surface area contributed by atoms with Crippen LogP contribution in [0.15, 0.2) is 22.7 Å². The van der Waals surface area contributed by atoms with Crippen LogP contribution in [0.3, 0.4) is 0 Å². The maximum Gasteiger partial charge on any atom is 0.182 e. The van der Waals surface area contributed by atoms with E-state index in [1.54, 1.807) is 31.2 Å². The van der Waals surface area contributed by atoms with Gasteiger partial charge in [-0.1, -0.05) is 34.4 Å². The topological polar surface area (TPSA) is 52.0 Å². The summed E-state index contributed by atoms with van der Waals surface area (Å²) in [5.41, 5.74) is 7.81. The molecule has 0 saturated carbocycles. The maximum atomic E-state index is 6.03. The predicted octanol–water partition coefficient (Wildman–Crippen LogP) is 4.04. The molecule has 5 heteroatoms. The highest BCUT2D eigenvalue weighted by Gasteiger charge is 2.05. The Hall–Kier alpha value is -1.45. The molecule has 88 valence electrons. The fourth-order valence-electron chi connectivity index (χ4n) is 1.32. The number of anilines is 1. The minimum absolute atomic E-state index is 0.522. The molecule has 0 fully saturated rings. The van der Waals surface area contributed by atoms with Gasteiger partial charge in [-0.25, -0.2) is 0 Å². The first-order valence-electron chi connectivity index (χ1n) is 4.93. The molecule has 1 heterocycles. The fraction of sp³-hybridized carbons (Fsp3) is 0.0833. The van der Waals surface area contributed by atoms with Crippen molar-refractivity contribution < 1.29 is 4.52 Å². The van der Waals surface area contributed by atoms with Gasteiger partial charge in [0.15, 0.2) is 5.76 Å². The zero-order chi connectivity index (χ0) is 12.4. The van der Waals surface area contributed by atoms with Gasteiger partial charge in [-0.15, -0.1) is 0 Å². The summed E-state index contributed by atoms with van der Waals surface area (Å²) < 4.78 is 5.05. The Bertz CT molecular complexity index is 576. The quantitative estimate of drug-likeness (QED) is 0.894. The lowest BCUT2D eigenvalue weighted by Gasteiger charge is -1.98. The van der Waals surface area contributed by atoms with Crippen molar-refractivity contribution in [2.45, 2.75) is 6.92 Å². The molecule has 17 heavy (non-hydrogen) atoms. The van der Waals surface area contributed by atoms with E-state index in [4.69, 9.17) is 33.5 Å². The van der Waals surface area contributed by atoms with Gasteiger partial charge in [0.2, 0.25) is 0 Å². The van der Waals surface area contributed by atoms with E-state index in [2.05, 4.69) is 5.16 Å². The Labute approximate surface area is 109 Å². The number of aryl methyl sites for hydroxylation is 1. The van der Waals surface area contributed by atoms with Crippen molar-refractivity contribution in [2.24, 2.45) is 0 Å². The third-order valence-corrected chi connectivity index (χ3v) is 2.88. The van der Waals surface area contributed by atoms with E-state index < -0.39 is 0 Å². The number of nitrogen functional groups attached to an aromatic ring is 1. The molecule has 1 aromatic heterocycles. The Morgan fingerprint density at radius 3 is 2.65 bits per heavy atom. The van der Waals surface area contributed by atoms with Crippen LogP contribution in [0.2, 0.25) is 10.0 Å². The number of halogens is 2. The monoisotopic (exact) mass is 268 g/mol. The molecule has 0 unspecified atom stereocenters. The highest BCUT2D eigenvalue weighted by atomic mass is 35.5. The normalized spacial score (nSPS) is 11.2. The van der Waals surface area contributed by atoms with E-state index in [9.17, 15) is 0 Å². The van der Waals surface area contributed by atoms with E-state index in [1.807, 2.05) is 6.07 Å². The maximum absolute atomic E-state index is 6.03. The number of aromatic nitrogens is 1. The number of rotatable bonds is 2. The minimum atomic E-state index is 0.522. The Balaban J connectivity index is 2.29. The van der Waals surface area contributed by atoms with Crippen molar-refractivity contribution in [1.82, 2.24) is 5.16 Å². The number of nitrogens with zero attached hydrogens (tertiary/aromatic N) is 1. The molecule has 0 aliphatic carbocycles. The summed E-state index contributed by atoms with van der Waals surface area (Å²) >= 11 is 11.8. The van der Waals surface area contributed by atoms with Gasteiger partial charge in [-0.3, -0.25) is 0 Å². The van der Waals surface area contributed by atoms with Gasteiger partial charge in [0.05, 0.1) is 0 Å². The van der Waals surface area contributed by atoms with Crippen LogP contribution in [0.5, 0.6) is 0 Å². The second kappa shape index (κ2) is 4.82. The smallest absolute Gasteiger partial charge is 0.182 e. The summed E-state index contributed by atoms with van der Waals surface area (Å²) in [4.78, 5) is 0. The van der Waals surface area contributed by atoms with Crippen LogP contribution >= 0.6 is 23.2 Å². The lowest BCUT2D eigenvalue weighted by molar-refractivity contribution is 0.408. The van der Waals surface area contributed by atoms with Crippen LogP contribution < -0.4 is 5.73 Å². The summed E-state index contributed by atoms with van der Waals surface area (Å²) in [6.45, 7) is 1.78. The van der Waals surface area contributed by atoms with Crippen LogP contribution in [0, 0.1) is 6.92 Å². The number of nitrogens with two attached hydrogens (primary N) is 1. The first-order valence-corrected chi connectivity index (χ1v) is 5.68. The van der Waals surface area contributed by atoms with E-state index in [0.29, 0.717) is 27.2 Å². The third-order valence-electron chi connectivity index (χ3n) is 2.31. The molecule has 1 aromatic carbocycles. The van der Waals surface area contributed by atoms with Gasteiger partial charge in [-0.2, -0.15) is 0 Å². The third kappa shape index (κ3) is 2.62. The van der Waals surface area contributed by atoms with Gasteiger partial charge in [0.25, 0.3) is 0 Å². The van der Waals surface area contributed by atoms with Crippen molar-refractivity contribution in [1.29, 1.82) is 0 Å². The first-order chi connectivity index (χ1) is 8.08. The SMILES string of the molecule is Cc1noc(C=Cc2ccc(Cl)cc2Cl)c1N. The average molecular weight is 269 g/mol. The van der Waals surface area contributed by atoms with E-state index in [0.717, 1.165) is 5.56 Å². The van der Waals surface area contributed by atoms with Crippen LogP contribution in [0.1, 0.15) is 17.0 Å². The highest BCUT2D eigenvalue weighted by Crippen LogP contribution is 2.24. The van der Waals surface area contributed by atoms with Crippen molar-refractivity contribution >= 4 is 41.0 Å². The van der Waals surface area contributed by atoms with Gasteiger partial charge in [0.1, 0.15) is 11.4 Å². The summed E-state index contributed by atoms with van der Waals surface area (Å²) in [6, 6.07) is 5.26. The Kier molecular flexibility index (Phi) is 3.41. The molecule has 0 radical (unpaired) electrons. The molecule has 0 amide bonds. The summed E-state index contributed by atoms with van der Waals surface area (Å²) in [7, 11) is 0. The molecule has 2 N–H and O–H groups in total. The molecule has 0 bridgehead atoms.